The third-order valence-electron chi connectivity index (χ3n) is 4.86. The number of nitrogens with zero attached hydrogens (tertiary/aromatic N) is 3. The first-order valence-corrected chi connectivity index (χ1v) is 10.5. The smallest absolute Gasteiger partial charge is 0.192 e. The van der Waals surface area contributed by atoms with Crippen LogP contribution in [0.1, 0.15) is 28.6 Å². The van der Waals surface area contributed by atoms with Gasteiger partial charge in [0.25, 0.3) is 0 Å². The van der Waals surface area contributed by atoms with E-state index in [1.807, 2.05) is 47.9 Å². The van der Waals surface area contributed by atoms with Crippen LogP contribution in [0.25, 0.3) is 11.4 Å². The number of aryl methyl sites for hydroxylation is 1. The van der Waals surface area contributed by atoms with Gasteiger partial charge in [-0.3, -0.25) is 9.36 Å². The lowest BCUT2D eigenvalue weighted by molar-refractivity contribution is 0.0993. The first kappa shape index (κ1) is 21.0. The lowest BCUT2D eigenvalue weighted by atomic mass is 10.1. The molecule has 0 spiro atoms. The summed E-state index contributed by atoms with van der Waals surface area (Å²) in [6.45, 7) is 4.06. The molecule has 31 heavy (non-hydrogen) atoms. The van der Waals surface area contributed by atoms with Crippen LogP contribution in [0.15, 0.2) is 70.4 Å². The van der Waals surface area contributed by atoms with E-state index in [2.05, 4.69) is 10.2 Å². The summed E-state index contributed by atoms with van der Waals surface area (Å²) in [5.74, 6) is -1.01. The normalized spacial score (nSPS) is 12.1. The van der Waals surface area contributed by atoms with Gasteiger partial charge in [0.1, 0.15) is 5.76 Å². The minimum Gasteiger partial charge on any atom is -0.469 e. The van der Waals surface area contributed by atoms with Crippen molar-refractivity contribution in [1.82, 2.24) is 14.8 Å². The number of hydrogen-bond acceptors (Lipinski definition) is 5. The molecule has 2 aromatic heterocycles. The third-order valence-corrected chi connectivity index (χ3v) is 5.94. The third kappa shape index (κ3) is 4.44. The van der Waals surface area contributed by atoms with Crippen LogP contribution in [0.2, 0.25) is 0 Å². The van der Waals surface area contributed by atoms with Crippen molar-refractivity contribution in [2.24, 2.45) is 0 Å². The molecule has 4 rings (SSSR count). The minimum atomic E-state index is -1.05. The highest BCUT2D eigenvalue weighted by Crippen LogP contribution is 2.31. The van der Waals surface area contributed by atoms with Crippen LogP contribution in [0.5, 0.6) is 0 Å². The average Bonchev–Trinajstić information content (AvgIpc) is 3.36. The van der Waals surface area contributed by atoms with E-state index in [9.17, 15) is 13.6 Å². The number of furan rings is 1. The molecule has 0 N–H and O–H groups in total. The second kappa shape index (κ2) is 8.85. The van der Waals surface area contributed by atoms with Crippen LogP contribution in [-0.4, -0.2) is 25.8 Å². The van der Waals surface area contributed by atoms with Gasteiger partial charge < -0.3 is 4.42 Å². The van der Waals surface area contributed by atoms with Crippen molar-refractivity contribution in [2.45, 2.75) is 30.8 Å². The van der Waals surface area contributed by atoms with Gasteiger partial charge in [-0.15, -0.1) is 10.2 Å². The zero-order chi connectivity index (χ0) is 22.0. The molecule has 2 heterocycles. The highest BCUT2D eigenvalue weighted by atomic mass is 32.2. The molecule has 0 amide bonds. The molecule has 0 radical (unpaired) electrons. The maximum Gasteiger partial charge on any atom is 0.192 e. The number of Topliss-reactive ketones (excluding diaryl/α,β-unsaturated/α-hetero) is 1. The van der Waals surface area contributed by atoms with Crippen molar-refractivity contribution in [2.75, 3.05) is 0 Å². The first-order chi connectivity index (χ1) is 14.9. The molecule has 1 unspecified atom stereocenters. The molecule has 0 saturated carbocycles. The van der Waals surface area contributed by atoms with Gasteiger partial charge in [0.05, 0.1) is 23.6 Å². The van der Waals surface area contributed by atoms with Crippen LogP contribution in [-0.2, 0) is 6.54 Å². The van der Waals surface area contributed by atoms with Crippen molar-refractivity contribution in [3.05, 3.63) is 89.4 Å². The molecule has 2 aromatic carbocycles. The molecular formula is C23H19F2N3O2S. The topological polar surface area (TPSA) is 60.9 Å². The number of carbonyl (C=O) groups excluding carboxylic acids is 1. The first-order valence-electron chi connectivity index (χ1n) is 9.61. The van der Waals surface area contributed by atoms with E-state index in [1.54, 1.807) is 13.2 Å². The van der Waals surface area contributed by atoms with E-state index < -0.39 is 16.9 Å². The highest BCUT2D eigenvalue weighted by molar-refractivity contribution is 8.00. The monoisotopic (exact) mass is 439 g/mol. The highest BCUT2D eigenvalue weighted by Gasteiger charge is 2.23. The fourth-order valence-corrected chi connectivity index (χ4v) is 4.12. The lowest BCUT2D eigenvalue weighted by Gasteiger charge is -2.13. The Balaban J connectivity index is 1.65. The number of ketones is 1. The van der Waals surface area contributed by atoms with E-state index in [1.165, 1.54) is 17.8 Å². The minimum absolute atomic E-state index is 0.110. The summed E-state index contributed by atoms with van der Waals surface area (Å²) >= 11 is 1.22. The van der Waals surface area contributed by atoms with Gasteiger partial charge in [-0.25, -0.2) is 8.78 Å². The largest absolute Gasteiger partial charge is 0.469 e. The summed E-state index contributed by atoms with van der Waals surface area (Å²) in [7, 11) is 0. The van der Waals surface area contributed by atoms with Gasteiger partial charge >= 0.3 is 0 Å². The summed E-state index contributed by atoms with van der Waals surface area (Å²) in [4.78, 5) is 12.8. The summed E-state index contributed by atoms with van der Waals surface area (Å²) in [6, 6.07) is 14.8. The van der Waals surface area contributed by atoms with Crippen molar-refractivity contribution < 1.29 is 18.0 Å². The van der Waals surface area contributed by atoms with Gasteiger partial charge in [-0.2, -0.15) is 0 Å². The van der Waals surface area contributed by atoms with E-state index in [0.29, 0.717) is 23.3 Å². The van der Waals surface area contributed by atoms with E-state index in [-0.39, 0.29) is 11.3 Å². The van der Waals surface area contributed by atoms with E-state index in [0.717, 1.165) is 23.3 Å². The molecule has 4 aromatic rings. The predicted octanol–water partition coefficient (Wildman–Crippen LogP) is 5.54. The zero-order valence-electron chi connectivity index (χ0n) is 16.9. The molecule has 158 valence electrons. The molecule has 1 atom stereocenters. The maximum atomic E-state index is 13.6. The summed E-state index contributed by atoms with van der Waals surface area (Å²) in [6.07, 6.45) is 1.59. The standard InChI is InChI=1S/C23H19F2N3O2S/c1-14-18(10-11-30-14)22-26-27-23(28(22)13-16-6-4-3-5-7-16)31-15(2)21(29)17-8-9-19(24)20(25)12-17/h3-12,15H,13H2,1-2H3. The summed E-state index contributed by atoms with van der Waals surface area (Å²) in [5, 5.41) is 8.61. The van der Waals surface area contributed by atoms with E-state index >= 15 is 0 Å². The van der Waals surface area contributed by atoms with Crippen LogP contribution in [0.3, 0.4) is 0 Å². The molecule has 8 heteroatoms. The van der Waals surface area contributed by atoms with Crippen LogP contribution < -0.4 is 0 Å². The van der Waals surface area contributed by atoms with Crippen molar-refractivity contribution >= 4 is 17.5 Å². The van der Waals surface area contributed by atoms with Gasteiger partial charge in [0, 0.05) is 5.56 Å². The molecule has 0 bridgehead atoms. The Hall–Kier alpha value is -3.26. The quantitative estimate of drug-likeness (QED) is 0.280. The Bertz CT molecular complexity index is 1220. The number of benzene rings is 2. The maximum absolute atomic E-state index is 13.6. The number of carbonyl (C=O) groups is 1. The molecule has 0 aliphatic rings. The Morgan fingerprint density at radius 3 is 2.55 bits per heavy atom. The Kier molecular flexibility index (Phi) is 5.99. The van der Waals surface area contributed by atoms with Crippen LogP contribution >= 0.6 is 11.8 Å². The van der Waals surface area contributed by atoms with Gasteiger partial charge in [-0.1, -0.05) is 42.1 Å². The van der Waals surface area contributed by atoms with Gasteiger partial charge in [-0.05, 0) is 43.7 Å². The van der Waals surface area contributed by atoms with Crippen LogP contribution in [0.4, 0.5) is 8.78 Å². The number of thioether (sulfide) groups is 1. The van der Waals surface area contributed by atoms with Crippen molar-refractivity contribution in [3.63, 3.8) is 0 Å². The molecule has 0 fully saturated rings. The number of halogens is 2. The molecule has 5 nitrogen and oxygen atoms in total. The van der Waals surface area contributed by atoms with Gasteiger partial charge in [0.15, 0.2) is 28.4 Å². The van der Waals surface area contributed by atoms with Crippen molar-refractivity contribution in [1.29, 1.82) is 0 Å². The Morgan fingerprint density at radius 2 is 1.87 bits per heavy atom. The number of aromatic nitrogens is 3. The Morgan fingerprint density at radius 1 is 1.10 bits per heavy atom. The predicted molar refractivity (Wildman–Crippen MR) is 114 cm³/mol. The van der Waals surface area contributed by atoms with Gasteiger partial charge in [0.2, 0.25) is 0 Å². The van der Waals surface area contributed by atoms with Crippen molar-refractivity contribution in [3.8, 4) is 11.4 Å². The fourth-order valence-electron chi connectivity index (χ4n) is 3.20. The van der Waals surface area contributed by atoms with E-state index in [4.69, 9.17) is 4.42 Å². The SMILES string of the molecule is Cc1occc1-c1nnc(SC(C)C(=O)c2ccc(F)c(F)c2)n1Cc1ccccc1. The molecular weight excluding hydrogens is 420 g/mol. The average molecular weight is 439 g/mol. The Labute approximate surface area is 182 Å². The fraction of sp³-hybridized carbons (Fsp3) is 0.174. The molecule has 0 aliphatic heterocycles. The lowest BCUT2D eigenvalue weighted by Crippen LogP contribution is -2.15. The zero-order valence-corrected chi connectivity index (χ0v) is 17.7. The second-order valence-corrected chi connectivity index (χ2v) is 8.33. The second-order valence-electron chi connectivity index (χ2n) is 7.02. The number of hydrogen-bond donors (Lipinski definition) is 0. The molecule has 0 aliphatic carbocycles. The number of rotatable bonds is 7. The van der Waals surface area contributed by atoms with Crippen LogP contribution in [0, 0.1) is 18.6 Å². The summed E-state index contributed by atoms with van der Waals surface area (Å²) in [5.41, 5.74) is 1.97. The molecule has 0 saturated heterocycles. The summed E-state index contributed by atoms with van der Waals surface area (Å²) < 4.78 is 34.1.